The highest BCUT2D eigenvalue weighted by Gasteiger charge is 2.27. The van der Waals surface area contributed by atoms with Gasteiger partial charge in [0.05, 0.1) is 5.01 Å². The minimum Gasteiger partial charge on any atom is -0.355 e. The van der Waals surface area contributed by atoms with Crippen LogP contribution >= 0.6 is 11.3 Å². The van der Waals surface area contributed by atoms with E-state index in [9.17, 15) is 17.6 Å². The maximum absolute atomic E-state index is 14.1. The smallest absolute Gasteiger partial charge is 0.244 e. The second-order valence-corrected chi connectivity index (χ2v) is 10.0. The number of carbonyl (C=O) groups excluding carboxylic acids is 1. The Kier molecular flexibility index (Phi) is 8.49. The fourth-order valence-electron chi connectivity index (χ4n) is 3.20. The summed E-state index contributed by atoms with van der Waals surface area (Å²) in [5.74, 6) is -1.31. The van der Waals surface area contributed by atoms with Crippen LogP contribution in [0.25, 0.3) is 0 Å². The van der Waals surface area contributed by atoms with Gasteiger partial charge in [-0.05, 0) is 50.3 Å². The molecule has 6 nitrogen and oxygen atoms in total. The number of aryl methyl sites for hydroxylation is 2. The first-order valence-electron chi connectivity index (χ1n) is 10.3. The molecule has 1 heterocycles. The van der Waals surface area contributed by atoms with Crippen LogP contribution in [0, 0.1) is 12.7 Å². The highest BCUT2D eigenvalue weighted by atomic mass is 32.2. The summed E-state index contributed by atoms with van der Waals surface area (Å²) in [7, 11) is -4.22. The lowest BCUT2D eigenvalue weighted by Crippen LogP contribution is -2.48. The highest BCUT2D eigenvalue weighted by Crippen LogP contribution is 2.15. The largest absolute Gasteiger partial charge is 0.355 e. The molecule has 3 aromatic rings. The first-order valence-corrected chi connectivity index (χ1v) is 12.7. The lowest BCUT2D eigenvalue weighted by molar-refractivity contribution is -0.122. The van der Waals surface area contributed by atoms with Crippen LogP contribution in [-0.2, 0) is 27.7 Å². The molecule has 1 atom stereocenters. The Balaban J connectivity index is 1.62. The number of hydrogen-bond donors (Lipinski definition) is 2. The second kappa shape index (κ2) is 11.3. The van der Waals surface area contributed by atoms with Gasteiger partial charge in [-0.2, -0.15) is 4.72 Å². The summed E-state index contributed by atoms with van der Waals surface area (Å²) >= 11 is 1.62. The van der Waals surface area contributed by atoms with E-state index in [0.717, 1.165) is 41.6 Å². The van der Waals surface area contributed by atoms with E-state index in [-0.39, 0.29) is 6.42 Å². The second-order valence-electron chi connectivity index (χ2n) is 7.42. The summed E-state index contributed by atoms with van der Waals surface area (Å²) in [6.45, 7) is 2.37. The maximum atomic E-state index is 14.1. The third kappa shape index (κ3) is 6.94. The molecular formula is C23H26FN3O3S2. The first-order chi connectivity index (χ1) is 15.3. The molecule has 0 aliphatic carbocycles. The molecule has 2 N–H and O–H groups in total. The zero-order chi connectivity index (χ0) is 23.0. The molecule has 170 valence electrons. The molecule has 0 bridgehead atoms. The van der Waals surface area contributed by atoms with Gasteiger partial charge in [-0.15, -0.1) is 11.3 Å². The van der Waals surface area contributed by atoms with Gasteiger partial charge in [0.1, 0.15) is 16.8 Å². The van der Waals surface area contributed by atoms with Gasteiger partial charge < -0.3 is 5.32 Å². The van der Waals surface area contributed by atoms with Crippen molar-refractivity contribution in [1.82, 2.24) is 15.0 Å². The van der Waals surface area contributed by atoms with Crippen molar-refractivity contribution >= 4 is 27.3 Å². The van der Waals surface area contributed by atoms with E-state index in [1.54, 1.807) is 11.3 Å². The van der Waals surface area contributed by atoms with Gasteiger partial charge >= 0.3 is 0 Å². The Morgan fingerprint density at radius 3 is 2.50 bits per heavy atom. The molecule has 0 fully saturated rings. The molecule has 0 saturated carbocycles. The Hall–Kier alpha value is -2.62. The summed E-state index contributed by atoms with van der Waals surface area (Å²) in [4.78, 5) is 16.8. The lowest BCUT2D eigenvalue weighted by Gasteiger charge is -2.19. The van der Waals surface area contributed by atoms with Crippen molar-refractivity contribution in [2.75, 3.05) is 6.54 Å². The van der Waals surface area contributed by atoms with Crippen molar-refractivity contribution in [3.63, 3.8) is 0 Å². The van der Waals surface area contributed by atoms with Crippen molar-refractivity contribution in [2.24, 2.45) is 0 Å². The minimum absolute atomic E-state index is 0.152. The van der Waals surface area contributed by atoms with Crippen molar-refractivity contribution in [3.8, 4) is 0 Å². The van der Waals surface area contributed by atoms with E-state index in [0.29, 0.717) is 6.54 Å². The fourth-order valence-corrected chi connectivity index (χ4v) is 5.30. The molecule has 9 heteroatoms. The van der Waals surface area contributed by atoms with Gasteiger partial charge in [0.25, 0.3) is 0 Å². The van der Waals surface area contributed by atoms with Gasteiger partial charge in [0.2, 0.25) is 15.9 Å². The van der Waals surface area contributed by atoms with Crippen LogP contribution < -0.4 is 10.0 Å². The number of hydrogen-bond acceptors (Lipinski definition) is 5. The molecule has 1 aromatic heterocycles. The van der Waals surface area contributed by atoms with Gasteiger partial charge in [0, 0.05) is 17.6 Å². The number of rotatable bonds is 11. The molecular weight excluding hydrogens is 449 g/mol. The van der Waals surface area contributed by atoms with Crippen molar-refractivity contribution in [2.45, 2.75) is 43.5 Å². The maximum Gasteiger partial charge on any atom is 0.244 e. The van der Waals surface area contributed by atoms with Crippen molar-refractivity contribution in [1.29, 1.82) is 0 Å². The van der Waals surface area contributed by atoms with E-state index in [1.807, 2.05) is 42.6 Å². The number of sulfonamides is 1. The van der Waals surface area contributed by atoms with Crippen molar-refractivity contribution < 1.29 is 17.6 Å². The zero-order valence-electron chi connectivity index (χ0n) is 17.8. The van der Waals surface area contributed by atoms with Gasteiger partial charge in [-0.25, -0.2) is 17.8 Å². The predicted octanol–water partition coefficient (Wildman–Crippen LogP) is 3.62. The van der Waals surface area contributed by atoms with E-state index in [4.69, 9.17) is 0 Å². The summed E-state index contributed by atoms with van der Waals surface area (Å²) < 4.78 is 42.0. The van der Waals surface area contributed by atoms with Gasteiger partial charge in [0.15, 0.2) is 0 Å². The molecule has 3 rings (SSSR count). The number of carbonyl (C=O) groups is 1. The van der Waals surface area contributed by atoms with Crippen LogP contribution in [0.1, 0.15) is 29.1 Å². The van der Waals surface area contributed by atoms with Crippen LogP contribution in [0.15, 0.2) is 64.9 Å². The zero-order valence-corrected chi connectivity index (χ0v) is 19.4. The van der Waals surface area contributed by atoms with E-state index < -0.39 is 32.7 Å². The molecule has 1 amide bonds. The summed E-state index contributed by atoms with van der Waals surface area (Å²) in [6, 6.07) is 13.1. The monoisotopic (exact) mass is 475 g/mol. The van der Waals surface area contributed by atoms with Crippen LogP contribution in [-0.4, -0.2) is 31.9 Å². The first kappa shape index (κ1) is 24.0. The molecule has 0 saturated heterocycles. The molecule has 0 radical (unpaired) electrons. The standard InChI is InChI=1S/C23H26FN3O3S2/c1-17-16-31-22(26-17)13-7-8-14-25-23(28)20(15-18-9-3-2-4-10-18)27-32(29,30)21-12-6-5-11-19(21)24/h2-6,9-12,16,20,27H,7-8,13-15H2,1H3,(H,25,28)/t20-/m0/s1. The number of amides is 1. The number of thiazole rings is 1. The molecule has 0 spiro atoms. The van der Waals surface area contributed by atoms with Crippen LogP contribution in [0.4, 0.5) is 4.39 Å². The fraction of sp³-hybridized carbons (Fsp3) is 0.304. The Morgan fingerprint density at radius 1 is 1.09 bits per heavy atom. The third-order valence-corrected chi connectivity index (χ3v) is 7.34. The Morgan fingerprint density at radius 2 is 1.81 bits per heavy atom. The molecule has 32 heavy (non-hydrogen) atoms. The van der Waals surface area contributed by atoms with Gasteiger partial charge in [-0.1, -0.05) is 42.5 Å². The van der Waals surface area contributed by atoms with E-state index in [2.05, 4.69) is 15.0 Å². The molecule has 0 unspecified atom stereocenters. The Bertz CT molecular complexity index is 1130. The predicted molar refractivity (Wildman–Crippen MR) is 123 cm³/mol. The normalized spacial score (nSPS) is 12.4. The molecule has 0 aliphatic rings. The van der Waals surface area contributed by atoms with E-state index >= 15 is 0 Å². The van der Waals surface area contributed by atoms with Crippen LogP contribution in [0.5, 0.6) is 0 Å². The number of halogens is 1. The topological polar surface area (TPSA) is 88.2 Å². The average Bonchev–Trinajstić information content (AvgIpc) is 3.18. The number of unbranched alkanes of at least 4 members (excludes halogenated alkanes) is 1. The molecule has 2 aromatic carbocycles. The number of nitrogens with zero attached hydrogens (tertiary/aromatic N) is 1. The third-order valence-electron chi connectivity index (χ3n) is 4.81. The summed E-state index contributed by atoms with van der Waals surface area (Å²) in [5, 5.41) is 5.88. The highest BCUT2D eigenvalue weighted by molar-refractivity contribution is 7.89. The number of benzene rings is 2. The quantitative estimate of drug-likeness (QED) is 0.415. The average molecular weight is 476 g/mol. The van der Waals surface area contributed by atoms with E-state index in [1.165, 1.54) is 18.2 Å². The molecule has 0 aliphatic heterocycles. The van der Waals surface area contributed by atoms with Crippen LogP contribution in [0.3, 0.4) is 0 Å². The Labute approximate surface area is 192 Å². The van der Waals surface area contributed by atoms with Crippen LogP contribution in [0.2, 0.25) is 0 Å². The van der Waals surface area contributed by atoms with Gasteiger partial charge in [-0.3, -0.25) is 4.79 Å². The number of nitrogens with one attached hydrogen (secondary N) is 2. The summed E-state index contributed by atoms with van der Waals surface area (Å²) in [5.41, 5.74) is 1.80. The number of aromatic nitrogens is 1. The summed E-state index contributed by atoms with van der Waals surface area (Å²) in [6.07, 6.45) is 2.58. The minimum atomic E-state index is -4.22. The SMILES string of the molecule is Cc1csc(CCCCNC(=O)[C@H](Cc2ccccc2)NS(=O)(=O)c2ccccc2F)n1. The van der Waals surface area contributed by atoms with Crippen molar-refractivity contribution in [3.05, 3.63) is 82.1 Å². The lowest BCUT2D eigenvalue weighted by atomic mass is 10.1.